The Morgan fingerprint density at radius 3 is 2.53 bits per heavy atom. The minimum atomic E-state index is -0.341. The van der Waals surface area contributed by atoms with Crippen LogP contribution in [-0.2, 0) is 0 Å². The Balaban J connectivity index is 2.17. The molecule has 0 saturated carbocycles. The van der Waals surface area contributed by atoms with E-state index < -0.39 is 0 Å². The van der Waals surface area contributed by atoms with Crippen LogP contribution < -0.4 is 5.32 Å². The maximum absolute atomic E-state index is 11.8. The van der Waals surface area contributed by atoms with Crippen LogP contribution in [-0.4, -0.2) is 15.9 Å². The molecule has 0 radical (unpaired) electrons. The third-order valence-electron chi connectivity index (χ3n) is 1.98. The van der Waals surface area contributed by atoms with E-state index in [1.807, 2.05) is 0 Å². The maximum Gasteiger partial charge on any atom is 0.258 e. The van der Waals surface area contributed by atoms with Gasteiger partial charge in [0.2, 0.25) is 0 Å². The number of aromatic nitrogens is 2. The van der Waals surface area contributed by atoms with Gasteiger partial charge in [0.1, 0.15) is 5.15 Å². The fraction of sp³-hybridized carbons (Fsp3) is 0. The van der Waals surface area contributed by atoms with Gasteiger partial charge < -0.3 is 5.32 Å². The van der Waals surface area contributed by atoms with Crippen LogP contribution in [0.15, 0.2) is 36.7 Å². The Morgan fingerprint density at radius 2 is 1.88 bits per heavy atom. The van der Waals surface area contributed by atoms with Crippen molar-refractivity contribution in [1.29, 1.82) is 0 Å². The summed E-state index contributed by atoms with van der Waals surface area (Å²) in [6.45, 7) is 0. The number of nitrogens with one attached hydrogen (secondary N) is 1. The highest BCUT2D eigenvalue weighted by Gasteiger charge is 2.10. The zero-order valence-electron chi connectivity index (χ0n) is 8.52. The molecule has 6 heteroatoms. The third kappa shape index (κ3) is 2.93. The summed E-state index contributed by atoms with van der Waals surface area (Å²) in [6, 6.07) is 6.75. The molecule has 2 rings (SSSR count). The average Bonchev–Trinajstić information content (AvgIpc) is 2.32. The van der Waals surface area contributed by atoms with Crippen LogP contribution in [0.5, 0.6) is 0 Å². The van der Waals surface area contributed by atoms with Gasteiger partial charge in [0.05, 0.1) is 23.0 Å². The molecule has 1 aromatic carbocycles. The number of amides is 1. The van der Waals surface area contributed by atoms with Gasteiger partial charge in [-0.05, 0) is 12.1 Å². The molecule has 0 unspecified atom stereocenters. The number of nitrogens with zero attached hydrogens (tertiary/aromatic N) is 2. The molecule has 1 amide bonds. The molecule has 0 aliphatic heterocycles. The van der Waals surface area contributed by atoms with Gasteiger partial charge in [-0.15, -0.1) is 0 Å². The lowest BCUT2D eigenvalue weighted by molar-refractivity contribution is 0.102. The second-order valence-electron chi connectivity index (χ2n) is 3.16. The summed E-state index contributed by atoms with van der Waals surface area (Å²) in [6.07, 6.45) is 2.72. The van der Waals surface area contributed by atoms with Crippen molar-refractivity contribution in [3.05, 3.63) is 52.4 Å². The summed E-state index contributed by atoms with van der Waals surface area (Å²) >= 11 is 11.5. The molecule has 1 heterocycles. The first-order valence-corrected chi connectivity index (χ1v) is 5.46. The van der Waals surface area contributed by atoms with Gasteiger partial charge in [0, 0.05) is 0 Å². The number of rotatable bonds is 2. The van der Waals surface area contributed by atoms with Gasteiger partial charge in [-0.2, -0.15) is 0 Å². The van der Waals surface area contributed by atoms with Crippen molar-refractivity contribution in [1.82, 2.24) is 9.97 Å². The molecule has 0 fully saturated rings. The van der Waals surface area contributed by atoms with Crippen molar-refractivity contribution in [3.63, 3.8) is 0 Å². The van der Waals surface area contributed by atoms with Crippen molar-refractivity contribution in [2.45, 2.75) is 0 Å². The van der Waals surface area contributed by atoms with E-state index >= 15 is 0 Å². The van der Waals surface area contributed by atoms with E-state index in [0.29, 0.717) is 16.4 Å². The van der Waals surface area contributed by atoms with Crippen molar-refractivity contribution in [2.75, 3.05) is 5.32 Å². The number of benzene rings is 1. The largest absolute Gasteiger partial charge is 0.305 e. The lowest BCUT2D eigenvalue weighted by Gasteiger charge is -2.05. The number of anilines is 1. The van der Waals surface area contributed by atoms with E-state index in [9.17, 15) is 4.79 Å². The molecule has 4 nitrogen and oxygen atoms in total. The van der Waals surface area contributed by atoms with Crippen LogP contribution >= 0.6 is 23.2 Å². The van der Waals surface area contributed by atoms with Gasteiger partial charge in [0.15, 0.2) is 5.82 Å². The Kier molecular flexibility index (Phi) is 3.56. The summed E-state index contributed by atoms with van der Waals surface area (Å²) in [5, 5.41) is 3.22. The zero-order chi connectivity index (χ0) is 12.3. The zero-order valence-corrected chi connectivity index (χ0v) is 10.0. The fourth-order valence-electron chi connectivity index (χ4n) is 1.21. The average molecular weight is 268 g/mol. The first-order valence-electron chi connectivity index (χ1n) is 4.70. The van der Waals surface area contributed by atoms with Gasteiger partial charge in [-0.1, -0.05) is 35.3 Å². The smallest absolute Gasteiger partial charge is 0.258 e. The van der Waals surface area contributed by atoms with Crippen molar-refractivity contribution >= 4 is 34.9 Å². The van der Waals surface area contributed by atoms with E-state index in [4.69, 9.17) is 23.2 Å². The molecule has 0 saturated heterocycles. The fourth-order valence-corrected chi connectivity index (χ4v) is 1.52. The first-order chi connectivity index (χ1) is 8.16. The quantitative estimate of drug-likeness (QED) is 0.910. The molecule has 2 aromatic rings. The summed E-state index contributed by atoms with van der Waals surface area (Å²) < 4.78 is 0. The highest BCUT2D eigenvalue weighted by Crippen LogP contribution is 2.16. The lowest BCUT2D eigenvalue weighted by atomic mass is 10.2. The molecule has 0 atom stereocenters. The highest BCUT2D eigenvalue weighted by molar-refractivity contribution is 6.34. The van der Waals surface area contributed by atoms with Gasteiger partial charge >= 0.3 is 0 Å². The summed E-state index contributed by atoms with van der Waals surface area (Å²) in [5.41, 5.74) is 0.380. The van der Waals surface area contributed by atoms with Crippen LogP contribution in [0.4, 0.5) is 5.82 Å². The molecular formula is C11H7Cl2N3O. The summed E-state index contributed by atoms with van der Waals surface area (Å²) in [4.78, 5) is 19.5. The second kappa shape index (κ2) is 5.12. The lowest BCUT2D eigenvalue weighted by Crippen LogP contribution is -2.13. The monoisotopic (exact) mass is 267 g/mol. The first kappa shape index (κ1) is 11.8. The van der Waals surface area contributed by atoms with E-state index in [-0.39, 0.29) is 11.1 Å². The predicted octanol–water partition coefficient (Wildman–Crippen LogP) is 3.04. The second-order valence-corrected chi connectivity index (χ2v) is 3.95. The SMILES string of the molecule is O=C(Nc1cnc(Cl)cn1)c1ccccc1Cl. The minimum Gasteiger partial charge on any atom is -0.305 e. The summed E-state index contributed by atoms with van der Waals surface area (Å²) in [5.74, 6) is -0.0217. The van der Waals surface area contributed by atoms with Crippen molar-refractivity contribution in [2.24, 2.45) is 0 Å². The molecule has 86 valence electrons. The van der Waals surface area contributed by atoms with Crippen LogP contribution in [0, 0.1) is 0 Å². The predicted molar refractivity (Wildman–Crippen MR) is 66.4 cm³/mol. The third-order valence-corrected chi connectivity index (χ3v) is 2.51. The number of hydrogen-bond acceptors (Lipinski definition) is 3. The molecular weight excluding hydrogens is 261 g/mol. The van der Waals surface area contributed by atoms with E-state index in [1.165, 1.54) is 12.4 Å². The maximum atomic E-state index is 11.8. The van der Waals surface area contributed by atoms with E-state index in [1.54, 1.807) is 24.3 Å². The topological polar surface area (TPSA) is 54.9 Å². The normalized spacial score (nSPS) is 10.0. The molecule has 0 aliphatic carbocycles. The van der Waals surface area contributed by atoms with Crippen LogP contribution in [0.3, 0.4) is 0 Å². The van der Waals surface area contributed by atoms with Gasteiger partial charge in [0.25, 0.3) is 5.91 Å². The van der Waals surface area contributed by atoms with Crippen molar-refractivity contribution < 1.29 is 4.79 Å². The number of halogens is 2. The van der Waals surface area contributed by atoms with E-state index in [2.05, 4.69) is 15.3 Å². The number of hydrogen-bond donors (Lipinski definition) is 1. The standard InChI is InChI=1S/C11H7Cl2N3O/c12-8-4-2-1-3-7(8)11(17)16-10-6-14-9(13)5-15-10/h1-6H,(H,15,16,17). The Bertz CT molecular complexity index is 543. The molecule has 1 aromatic heterocycles. The number of carbonyl (C=O) groups is 1. The molecule has 0 aliphatic rings. The highest BCUT2D eigenvalue weighted by atomic mass is 35.5. The Hall–Kier alpha value is -1.65. The Morgan fingerprint density at radius 1 is 1.12 bits per heavy atom. The summed E-state index contributed by atoms with van der Waals surface area (Å²) in [7, 11) is 0. The Labute approximate surface area is 108 Å². The van der Waals surface area contributed by atoms with Crippen LogP contribution in [0.2, 0.25) is 10.2 Å². The minimum absolute atomic E-state index is 0.265. The molecule has 0 bridgehead atoms. The molecule has 1 N–H and O–H groups in total. The number of carbonyl (C=O) groups excluding carboxylic acids is 1. The molecule has 17 heavy (non-hydrogen) atoms. The molecule has 0 spiro atoms. The van der Waals surface area contributed by atoms with Crippen LogP contribution in [0.25, 0.3) is 0 Å². The van der Waals surface area contributed by atoms with E-state index in [0.717, 1.165) is 0 Å². The van der Waals surface area contributed by atoms with Crippen molar-refractivity contribution in [3.8, 4) is 0 Å². The van der Waals surface area contributed by atoms with Crippen LogP contribution in [0.1, 0.15) is 10.4 Å². The van der Waals surface area contributed by atoms with Gasteiger partial charge in [-0.25, -0.2) is 9.97 Å². The van der Waals surface area contributed by atoms with Gasteiger partial charge in [-0.3, -0.25) is 4.79 Å².